The smallest absolute Gasteiger partial charge is 0.0909 e. The number of aliphatic hydroxyl groups is 1. The minimum atomic E-state index is -0.970. The first-order chi connectivity index (χ1) is 8.88. The SMILES string of the molecule is Cc1ccc(C(C)(O)Cc2cc(Cl)ccc2Cl)cc1. The molecular formula is C16H16Cl2O. The molecule has 1 unspecified atom stereocenters. The Kier molecular flexibility index (Phi) is 4.19. The molecule has 19 heavy (non-hydrogen) atoms. The average molecular weight is 295 g/mol. The minimum Gasteiger partial charge on any atom is -0.385 e. The highest BCUT2D eigenvalue weighted by atomic mass is 35.5. The lowest BCUT2D eigenvalue weighted by Gasteiger charge is -2.24. The molecule has 0 aliphatic rings. The summed E-state index contributed by atoms with van der Waals surface area (Å²) in [6.45, 7) is 3.81. The van der Waals surface area contributed by atoms with Crippen molar-refractivity contribution >= 4 is 23.2 Å². The van der Waals surface area contributed by atoms with Crippen LogP contribution in [0.1, 0.15) is 23.6 Å². The van der Waals surface area contributed by atoms with Crippen molar-refractivity contribution in [2.24, 2.45) is 0 Å². The molecule has 0 aliphatic heterocycles. The van der Waals surface area contributed by atoms with Gasteiger partial charge < -0.3 is 5.11 Å². The van der Waals surface area contributed by atoms with Crippen LogP contribution in [0.25, 0.3) is 0 Å². The van der Waals surface area contributed by atoms with Crippen molar-refractivity contribution in [3.63, 3.8) is 0 Å². The van der Waals surface area contributed by atoms with Crippen molar-refractivity contribution in [3.8, 4) is 0 Å². The van der Waals surface area contributed by atoms with E-state index >= 15 is 0 Å². The summed E-state index contributed by atoms with van der Waals surface area (Å²) in [5.41, 5.74) is 1.91. The van der Waals surface area contributed by atoms with Gasteiger partial charge in [-0.1, -0.05) is 53.0 Å². The summed E-state index contributed by atoms with van der Waals surface area (Å²) in [5.74, 6) is 0. The molecule has 0 fully saturated rings. The topological polar surface area (TPSA) is 20.2 Å². The van der Waals surface area contributed by atoms with Gasteiger partial charge in [0.15, 0.2) is 0 Å². The predicted octanol–water partition coefficient (Wildman–Crippen LogP) is 4.75. The molecule has 0 bridgehead atoms. The summed E-state index contributed by atoms with van der Waals surface area (Å²) >= 11 is 12.1. The fourth-order valence-corrected chi connectivity index (χ4v) is 2.44. The van der Waals surface area contributed by atoms with E-state index in [1.165, 1.54) is 5.56 Å². The highest BCUT2D eigenvalue weighted by Gasteiger charge is 2.24. The number of hydrogen-bond acceptors (Lipinski definition) is 1. The third-order valence-corrected chi connectivity index (χ3v) is 3.82. The van der Waals surface area contributed by atoms with E-state index in [4.69, 9.17) is 23.2 Å². The molecule has 1 nitrogen and oxygen atoms in total. The molecule has 100 valence electrons. The monoisotopic (exact) mass is 294 g/mol. The van der Waals surface area contributed by atoms with Gasteiger partial charge in [0.25, 0.3) is 0 Å². The van der Waals surface area contributed by atoms with Crippen LogP contribution in [0.3, 0.4) is 0 Å². The second-order valence-electron chi connectivity index (χ2n) is 5.05. The zero-order chi connectivity index (χ0) is 14.0. The standard InChI is InChI=1S/C16H16Cl2O/c1-11-3-5-13(6-4-11)16(2,19)10-12-9-14(17)7-8-15(12)18/h3-9,19H,10H2,1-2H3. The van der Waals surface area contributed by atoms with E-state index in [0.717, 1.165) is 11.1 Å². The zero-order valence-electron chi connectivity index (χ0n) is 11.0. The van der Waals surface area contributed by atoms with Crippen molar-refractivity contribution in [2.75, 3.05) is 0 Å². The van der Waals surface area contributed by atoms with Gasteiger partial charge in [-0.05, 0) is 43.2 Å². The van der Waals surface area contributed by atoms with Gasteiger partial charge in [0.1, 0.15) is 0 Å². The number of benzene rings is 2. The van der Waals surface area contributed by atoms with Gasteiger partial charge in [-0.2, -0.15) is 0 Å². The molecule has 1 N–H and O–H groups in total. The Balaban J connectivity index is 2.30. The molecule has 0 heterocycles. The van der Waals surface area contributed by atoms with Gasteiger partial charge in [0.2, 0.25) is 0 Å². The largest absolute Gasteiger partial charge is 0.385 e. The normalized spacial score (nSPS) is 14.2. The maximum absolute atomic E-state index is 10.6. The Hall–Kier alpha value is -1.02. The maximum Gasteiger partial charge on any atom is 0.0909 e. The van der Waals surface area contributed by atoms with Crippen molar-refractivity contribution in [1.82, 2.24) is 0 Å². The van der Waals surface area contributed by atoms with Crippen LogP contribution in [0.5, 0.6) is 0 Å². The Morgan fingerprint density at radius 2 is 1.68 bits per heavy atom. The Morgan fingerprint density at radius 1 is 1.05 bits per heavy atom. The fraction of sp³-hybridized carbons (Fsp3) is 0.250. The van der Waals surface area contributed by atoms with Crippen LogP contribution in [0.4, 0.5) is 0 Å². The summed E-state index contributed by atoms with van der Waals surface area (Å²) < 4.78 is 0. The first-order valence-electron chi connectivity index (χ1n) is 6.12. The molecule has 3 heteroatoms. The highest BCUT2D eigenvalue weighted by molar-refractivity contribution is 6.33. The average Bonchev–Trinajstić information content (AvgIpc) is 2.34. The Morgan fingerprint density at radius 3 is 2.32 bits per heavy atom. The van der Waals surface area contributed by atoms with E-state index in [-0.39, 0.29) is 0 Å². The highest BCUT2D eigenvalue weighted by Crippen LogP contribution is 2.30. The Labute approximate surface area is 123 Å². The number of hydrogen-bond donors (Lipinski definition) is 1. The summed E-state index contributed by atoms with van der Waals surface area (Å²) in [6, 6.07) is 13.2. The van der Waals surface area contributed by atoms with E-state index in [0.29, 0.717) is 16.5 Å². The molecule has 1 atom stereocenters. The first kappa shape index (κ1) is 14.4. The van der Waals surface area contributed by atoms with Gasteiger partial charge in [-0.25, -0.2) is 0 Å². The molecule has 0 amide bonds. The predicted molar refractivity (Wildman–Crippen MR) is 80.9 cm³/mol. The number of halogens is 2. The molecule has 2 rings (SSSR count). The number of rotatable bonds is 3. The summed E-state index contributed by atoms with van der Waals surface area (Å²) in [5, 5.41) is 11.9. The lowest BCUT2D eigenvalue weighted by atomic mass is 9.88. The lowest BCUT2D eigenvalue weighted by Crippen LogP contribution is -2.24. The minimum absolute atomic E-state index is 0.426. The summed E-state index contributed by atoms with van der Waals surface area (Å²) in [6.07, 6.45) is 0.426. The van der Waals surface area contributed by atoms with Crippen molar-refractivity contribution < 1.29 is 5.11 Å². The second-order valence-corrected chi connectivity index (χ2v) is 5.90. The van der Waals surface area contributed by atoms with E-state index < -0.39 is 5.60 Å². The summed E-state index contributed by atoms with van der Waals surface area (Å²) in [7, 11) is 0. The number of aryl methyl sites for hydroxylation is 1. The van der Waals surface area contributed by atoms with Crippen molar-refractivity contribution in [3.05, 3.63) is 69.2 Å². The maximum atomic E-state index is 10.6. The quantitative estimate of drug-likeness (QED) is 0.866. The van der Waals surface area contributed by atoms with E-state index in [2.05, 4.69) is 0 Å². The molecule has 2 aromatic rings. The van der Waals surface area contributed by atoms with Crippen LogP contribution in [-0.2, 0) is 12.0 Å². The second kappa shape index (κ2) is 5.54. The zero-order valence-corrected chi connectivity index (χ0v) is 12.5. The van der Waals surface area contributed by atoms with Crippen LogP contribution >= 0.6 is 23.2 Å². The first-order valence-corrected chi connectivity index (χ1v) is 6.87. The van der Waals surface area contributed by atoms with Crippen LogP contribution in [0.15, 0.2) is 42.5 Å². The van der Waals surface area contributed by atoms with Gasteiger partial charge in [-0.15, -0.1) is 0 Å². The van der Waals surface area contributed by atoms with E-state index in [9.17, 15) is 5.11 Å². The molecule has 2 aromatic carbocycles. The molecular weight excluding hydrogens is 279 g/mol. The molecule has 0 aromatic heterocycles. The van der Waals surface area contributed by atoms with Crippen LogP contribution in [0.2, 0.25) is 10.0 Å². The van der Waals surface area contributed by atoms with Crippen LogP contribution < -0.4 is 0 Å². The van der Waals surface area contributed by atoms with Gasteiger partial charge in [-0.3, -0.25) is 0 Å². The Bertz CT molecular complexity index is 574. The molecule has 0 aliphatic carbocycles. The molecule has 0 radical (unpaired) electrons. The van der Waals surface area contributed by atoms with Crippen molar-refractivity contribution in [2.45, 2.75) is 25.9 Å². The van der Waals surface area contributed by atoms with Gasteiger partial charge in [0, 0.05) is 16.5 Å². The fourth-order valence-electron chi connectivity index (χ4n) is 2.06. The lowest BCUT2D eigenvalue weighted by molar-refractivity contribution is 0.0576. The summed E-state index contributed by atoms with van der Waals surface area (Å²) in [4.78, 5) is 0. The third-order valence-electron chi connectivity index (χ3n) is 3.22. The molecule has 0 saturated heterocycles. The van der Waals surface area contributed by atoms with Crippen molar-refractivity contribution in [1.29, 1.82) is 0 Å². The van der Waals surface area contributed by atoms with E-state index in [1.54, 1.807) is 25.1 Å². The van der Waals surface area contributed by atoms with Crippen LogP contribution in [0, 0.1) is 6.92 Å². The molecule has 0 saturated carbocycles. The van der Waals surface area contributed by atoms with E-state index in [1.807, 2.05) is 31.2 Å². The van der Waals surface area contributed by atoms with Gasteiger partial charge in [0.05, 0.1) is 5.60 Å². The van der Waals surface area contributed by atoms with Gasteiger partial charge >= 0.3 is 0 Å². The molecule has 0 spiro atoms. The third kappa shape index (κ3) is 3.50. The van der Waals surface area contributed by atoms with Crippen LogP contribution in [-0.4, -0.2) is 5.11 Å².